The summed E-state index contributed by atoms with van der Waals surface area (Å²) in [4.78, 5) is 22.0. The average Bonchev–Trinajstić information content (AvgIpc) is 3.57. The van der Waals surface area contributed by atoms with Crippen LogP contribution in [0.4, 0.5) is 11.4 Å². The molecule has 2 heterocycles. The normalized spacial score (nSPS) is 19.2. The summed E-state index contributed by atoms with van der Waals surface area (Å²) in [6.45, 7) is 3.94. The highest BCUT2D eigenvalue weighted by Gasteiger charge is 2.30. The number of benzene rings is 2. The monoisotopic (exact) mass is 390 g/mol. The van der Waals surface area contributed by atoms with Gasteiger partial charge in [-0.05, 0) is 63.2 Å². The quantitative estimate of drug-likeness (QED) is 0.846. The number of aliphatic imine (C=N–C) groups is 1. The van der Waals surface area contributed by atoms with E-state index in [0.717, 1.165) is 79.7 Å². The summed E-state index contributed by atoms with van der Waals surface area (Å²) in [5, 5.41) is 3.06. The van der Waals surface area contributed by atoms with Gasteiger partial charge in [-0.2, -0.15) is 0 Å². The number of rotatable bonds is 2. The van der Waals surface area contributed by atoms with Gasteiger partial charge >= 0.3 is 0 Å². The van der Waals surface area contributed by atoms with Gasteiger partial charge in [0, 0.05) is 31.2 Å². The third-order valence-electron chi connectivity index (χ3n) is 5.77. The molecule has 0 radical (unpaired) electrons. The highest BCUT2D eigenvalue weighted by Crippen LogP contribution is 2.39. The number of nitrogens with one attached hydrogen (secondary N) is 1. The molecule has 2 aliphatic heterocycles. The number of fused-ring (bicyclic) bond motifs is 2. The number of amides is 1. The molecule has 0 unspecified atom stereocenters. The second-order valence-corrected chi connectivity index (χ2v) is 8.12. The van der Waals surface area contributed by atoms with E-state index in [9.17, 15) is 4.79 Å². The van der Waals surface area contributed by atoms with Crippen molar-refractivity contribution >= 4 is 23.1 Å². The van der Waals surface area contributed by atoms with E-state index in [1.165, 1.54) is 0 Å². The Balaban J connectivity index is 1.55. The Hall–Kier alpha value is -2.86. The van der Waals surface area contributed by atoms with Gasteiger partial charge < -0.3 is 19.9 Å². The topological polar surface area (TPSA) is 57.2 Å². The van der Waals surface area contributed by atoms with E-state index in [1.807, 2.05) is 42.5 Å². The van der Waals surface area contributed by atoms with Gasteiger partial charge in [0.15, 0.2) is 5.75 Å². The highest BCUT2D eigenvalue weighted by molar-refractivity contribution is 6.05. The molecule has 2 aromatic rings. The molecule has 29 heavy (non-hydrogen) atoms. The van der Waals surface area contributed by atoms with Crippen LogP contribution in [0.5, 0.6) is 11.5 Å². The number of carbonyl (C=O) groups excluding carboxylic acids is 1. The summed E-state index contributed by atoms with van der Waals surface area (Å²) in [5.74, 6) is 2.73. The molecular formula is C23H26N4O2. The van der Waals surface area contributed by atoms with Gasteiger partial charge in [-0.3, -0.25) is 4.79 Å². The number of anilines is 1. The zero-order valence-electron chi connectivity index (χ0n) is 16.7. The number of para-hydroxylation sites is 2. The summed E-state index contributed by atoms with van der Waals surface area (Å²) in [6, 6.07) is 13.8. The number of hydrogen-bond donors (Lipinski definition) is 1. The lowest BCUT2D eigenvalue weighted by Crippen LogP contribution is -2.35. The molecule has 1 N–H and O–H groups in total. The predicted octanol–water partition coefficient (Wildman–Crippen LogP) is 3.86. The van der Waals surface area contributed by atoms with Crippen molar-refractivity contribution in [3.05, 3.63) is 48.0 Å². The number of ether oxygens (including phenoxy) is 1. The molecule has 3 aliphatic rings. The van der Waals surface area contributed by atoms with Crippen molar-refractivity contribution < 1.29 is 9.53 Å². The van der Waals surface area contributed by atoms with E-state index in [2.05, 4.69) is 22.2 Å². The van der Waals surface area contributed by atoms with Gasteiger partial charge in [0.05, 0.1) is 5.56 Å². The zero-order valence-corrected chi connectivity index (χ0v) is 16.7. The van der Waals surface area contributed by atoms with Crippen LogP contribution in [0.1, 0.15) is 24.8 Å². The summed E-state index contributed by atoms with van der Waals surface area (Å²) in [7, 11) is 2.16. The van der Waals surface area contributed by atoms with E-state index in [0.29, 0.717) is 0 Å². The first kappa shape index (κ1) is 18.2. The van der Waals surface area contributed by atoms with Gasteiger partial charge in [0.1, 0.15) is 17.3 Å². The number of amidine groups is 1. The van der Waals surface area contributed by atoms with Crippen molar-refractivity contribution in [3.63, 3.8) is 0 Å². The molecule has 6 nitrogen and oxygen atoms in total. The Morgan fingerprint density at radius 2 is 1.93 bits per heavy atom. The maximum Gasteiger partial charge on any atom is 0.227 e. The first-order valence-corrected chi connectivity index (χ1v) is 10.4. The summed E-state index contributed by atoms with van der Waals surface area (Å²) < 4.78 is 6.23. The van der Waals surface area contributed by atoms with Crippen LogP contribution in [0.25, 0.3) is 0 Å². The van der Waals surface area contributed by atoms with Gasteiger partial charge in [-0.25, -0.2) is 4.99 Å². The Kier molecular flexibility index (Phi) is 4.72. The molecule has 0 spiro atoms. The summed E-state index contributed by atoms with van der Waals surface area (Å²) in [5.41, 5.74) is 2.56. The molecular weight excluding hydrogens is 364 g/mol. The first-order valence-electron chi connectivity index (χ1n) is 10.4. The van der Waals surface area contributed by atoms with E-state index in [1.54, 1.807) is 0 Å². The smallest absolute Gasteiger partial charge is 0.227 e. The molecule has 0 bridgehead atoms. The van der Waals surface area contributed by atoms with Crippen LogP contribution in [0.15, 0.2) is 47.5 Å². The fourth-order valence-corrected chi connectivity index (χ4v) is 3.89. The van der Waals surface area contributed by atoms with Crippen molar-refractivity contribution in [1.29, 1.82) is 0 Å². The van der Waals surface area contributed by atoms with E-state index < -0.39 is 0 Å². The fraction of sp³-hybridized carbons (Fsp3) is 0.391. The van der Waals surface area contributed by atoms with Crippen LogP contribution >= 0.6 is 0 Å². The van der Waals surface area contributed by atoms with E-state index in [4.69, 9.17) is 9.73 Å². The highest BCUT2D eigenvalue weighted by atomic mass is 16.5. The lowest BCUT2D eigenvalue weighted by Gasteiger charge is -2.25. The lowest BCUT2D eigenvalue weighted by atomic mass is 10.1. The van der Waals surface area contributed by atoms with Crippen molar-refractivity contribution in [2.24, 2.45) is 10.9 Å². The summed E-state index contributed by atoms with van der Waals surface area (Å²) in [6.07, 6.45) is 3.07. The molecule has 0 aromatic heterocycles. The number of carbonyl (C=O) groups is 1. The van der Waals surface area contributed by atoms with Crippen LogP contribution in [-0.2, 0) is 4.79 Å². The number of hydrogen-bond acceptors (Lipinski definition) is 5. The van der Waals surface area contributed by atoms with Crippen LogP contribution in [-0.4, -0.2) is 54.8 Å². The van der Waals surface area contributed by atoms with Crippen molar-refractivity contribution in [2.75, 3.05) is 38.5 Å². The molecule has 1 saturated carbocycles. The van der Waals surface area contributed by atoms with E-state index >= 15 is 0 Å². The van der Waals surface area contributed by atoms with Crippen LogP contribution < -0.4 is 10.1 Å². The molecule has 1 amide bonds. The van der Waals surface area contributed by atoms with Crippen LogP contribution in [0.2, 0.25) is 0 Å². The second-order valence-electron chi connectivity index (χ2n) is 8.12. The minimum Gasteiger partial charge on any atom is -0.454 e. The van der Waals surface area contributed by atoms with E-state index in [-0.39, 0.29) is 11.8 Å². The maximum absolute atomic E-state index is 12.3. The summed E-state index contributed by atoms with van der Waals surface area (Å²) >= 11 is 0. The van der Waals surface area contributed by atoms with Gasteiger partial charge in [-0.1, -0.05) is 12.1 Å². The van der Waals surface area contributed by atoms with Gasteiger partial charge in [0.2, 0.25) is 5.91 Å². The molecule has 1 aliphatic carbocycles. The zero-order chi connectivity index (χ0) is 19.8. The predicted molar refractivity (Wildman–Crippen MR) is 114 cm³/mol. The minimum absolute atomic E-state index is 0.109. The van der Waals surface area contributed by atoms with Crippen LogP contribution in [0, 0.1) is 5.92 Å². The van der Waals surface area contributed by atoms with Gasteiger partial charge in [0.25, 0.3) is 0 Å². The van der Waals surface area contributed by atoms with Crippen LogP contribution in [0.3, 0.4) is 0 Å². The van der Waals surface area contributed by atoms with Crippen molar-refractivity contribution in [1.82, 2.24) is 9.80 Å². The number of nitrogens with zero attached hydrogens (tertiary/aromatic N) is 3. The minimum atomic E-state index is 0.109. The Labute approximate surface area is 171 Å². The molecule has 5 rings (SSSR count). The average molecular weight is 390 g/mol. The largest absolute Gasteiger partial charge is 0.454 e. The standard InChI is InChI=1S/C23H26N4O2/c1-26-11-4-12-27(14-13-26)22-18-15-17(24-23(28)16-7-8-16)9-10-20(18)29-21-6-3-2-5-19(21)25-22/h2-3,5-6,9-10,15-16H,4,7-8,11-14H2,1H3,(H,24,28). The molecule has 1 saturated heterocycles. The Morgan fingerprint density at radius 1 is 1.07 bits per heavy atom. The molecule has 150 valence electrons. The molecule has 0 atom stereocenters. The maximum atomic E-state index is 12.3. The number of likely N-dealkylation sites (N-methyl/N-ethyl adjacent to an activating group) is 1. The third-order valence-corrected chi connectivity index (χ3v) is 5.77. The SMILES string of the molecule is CN1CCCN(C2=Nc3ccccc3Oc3ccc(NC(=O)C4CC4)cc32)CC1. The molecule has 2 aromatic carbocycles. The Bertz CT molecular complexity index is 967. The molecule has 2 fully saturated rings. The molecule has 6 heteroatoms. The fourth-order valence-electron chi connectivity index (χ4n) is 3.89. The first-order chi connectivity index (χ1) is 14.2. The lowest BCUT2D eigenvalue weighted by molar-refractivity contribution is -0.117. The third kappa shape index (κ3) is 3.85. The second kappa shape index (κ2) is 7.52. The van der Waals surface area contributed by atoms with Gasteiger partial charge in [-0.15, -0.1) is 0 Å². The Morgan fingerprint density at radius 3 is 2.79 bits per heavy atom. The van der Waals surface area contributed by atoms with Crippen molar-refractivity contribution in [3.8, 4) is 11.5 Å². The van der Waals surface area contributed by atoms with Crippen molar-refractivity contribution in [2.45, 2.75) is 19.3 Å².